The topological polar surface area (TPSA) is 24.1 Å². The zero-order valence-electron chi connectivity index (χ0n) is 12.1. The van der Waals surface area contributed by atoms with Crippen LogP contribution < -0.4 is 10.6 Å². The molecule has 0 fully saturated rings. The van der Waals surface area contributed by atoms with Crippen molar-refractivity contribution in [2.24, 2.45) is 0 Å². The second-order valence-corrected chi connectivity index (χ2v) is 5.41. The molecule has 3 heteroatoms. The van der Waals surface area contributed by atoms with Gasteiger partial charge >= 0.3 is 0 Å². The Balaban J connectivity index is 2.03. The summed E-state index contributed by atoms with van der Waals surface area (Å²) in [6.07, 6.45) is 0. The molecule has 2 rings (SSSR count). The van der Waals surface area contributed by atoms with Gasteiger partial charge in [-0.25, -0.2) is 0 Å². The van der Waals surface area contributed by atoms with E-state index < -0.39 is 0 Å². The van der Waals surface area contributed by atoms with Gasteiger partial charge in [0.1, 0.15) is 0 Å². The van der Waals surface area contributed by atoms with E-state index in [9.17, 15) is 0 Å². The number of benzene rings is 2. The van der Waals surface area contributed by atoms with Crippen molar-refractivity contribution in [1.82, 2.24) is 5.32 Å². The number of aryl methyl sites for hydroxylation is 2. The number of nitrogens with one attached hydrogen (secondary N) is 2. The van der Waals surface area contributed by atoms with Crippen LogP contribution >= 0.6 is 12.2 Å². The Morgan fingerprint density at radius 1 is 0.950 bits per heavy atom. The van der Waals surface area contributed by atoms with Gasteiger partial charge in [-0.1, -0.05) is 48.5 Å². The van der Waals surface area contributed by atoms with Gasteiger partial charge < -0.3 is 10.6 Å². The summed E-state index contributed by atoms with van der Waals surface area (Å²) in [4.78, 5) is 0. The quantitative estimate of drug-likeness (QED) is 0.819. The summed E-state index contributed by atoms with van der Waals surface area (Å²) in [5.74, 6) is 0. The molecule has 0 unspecified atom stereocenters. The highest BCUT2D eigenvalue weighted by Crippen LogP contribution is 2.19. The predicted octanol–water partition coefficient (Wildman–Crippen LogP) is 4.35. The third-order valence-corrected chi connectivity index (χ3v) is 3.59. The number of thiocarbonyl (C=S) groups is 1. The van der Waals surface area contributed by atoms with Gasteiger partial charge in [-0.2, -0.15) is 0 Å². The molecule has 2 aromatic carbocycles. The lowest BCUT2D eigenvalue weighted by Gasteiger charge is -2.19. The lowest BCUT2D eigenvalue weighted by Crippen LogP contribution is -2.31. The fourth-order valence-corrected chi connectivity index (χ4v) is 2.46. The fraction of sp³-hybridized carbons (Fsp3) is 0.235. The summed E-state index contributed by atoms with van der Waals surface area (Å²) >= 11 is 5.41. The number of anilines is 1. The first-order valence-corrected chi connectivity index (χ1v) is 7.17. The highest BCUT2D eigenvalue weighted by atomic mass is 32.1. The molecule has 0 radical (unpaired) electrons. The van der Waals surface area contributed by atoms with Crippen LogP contribution in [0.25, 0.3) is 0 Å². The Morgan fingerprint density at radius 2 is 1.55 bits per heavy atom. The van der Waals surface area contributed by atoms with Crippen LogP contribution in [0.2, 0.25) is 0 Å². The molecule has 0 saturated carbocycles. The zero-order chi connectivity index (χ0) is 14.5. The van der Waals surface area contributed by atoms with Crippen LogP contribution in [0.5, 0.6) is 0 Å². The van der Waals surface area contributed by atoms with Gasteiger partial charge in [0.2, 0.25) is 0 Å². The Morgan fingerprint density at radius 3 is 2.15 bits per heavy atom. The molecule has 0 amide bonds. The molecule has 2 nitrogen and oxygen atoms in total. The molecule has 0 saturated heterocycles. The van der Waals surface area contributed by atoms with Crippen LogP contribution in [0.3, 0.4) is 0 Å². The average molecular weight is 284 g/mol. The normalized spacial score (nSPS) is 11.8. The van der Waals surface area contributed by atoms with E-state index in [1.807, 2.05) is 18.2 Å². The van der Waals surface area contributed by atoms with E-state index in [1.54, 1.807) is 0 Å². The third kappa shape index (κ3) is 3.58. The highest BCUT2D eigenvalue weighted by Gasteiger charge is 2.08. The summed E-state index contributed by atoms with van der Waals surface area (Å²) in [5, 5.41) is 7.27. The molecule has 0 spiro atoms. The summed E-state index contributed by atoms with van der Waals surface area (Å²) in [6.45, 7) is 6.27. The van der Waals surface area contributed by atoms with Gasteiger partial charge in [-0.3, -0.25) is 0 Å². The third-order valence-electron chi connectivity index (χ3n) is 3.37. The molecule has 0 aliphatic rings. The van der Waals surface area contributed by atoms with Crippen molar-refractivity contribution in [2.75, 3.05) is 5.32 Å². The molecule has 2 N–H and O–H groups in total. The Kier molecular flexibility index (Phi) is 4.74. The van der Waals surface area contributed by atoms with E-state index in [2.05, 4.69) is 61.7 Å². The van der Waals surface area contributed by atoms with Gasteiger partial charge in [0, 0.05) is 5.69 Å². The smallest absolute Gasteiger partial charge is 0.171 e. The molecule has 0 aliphatic heterocycles. The van der Waals surface area contributed by atoms with E-state index in [0.717, 1.165) is 5.69 Å². The molecular weight excluding hydrogens is 264 g/mol. The molecule has 1 atom stereocenters. The number of hydrogen-bond donors (Lipinski definition) is 2. The van der Waals surface area contributed by atoms with Crippen molar-refractivity contribution < 1.29 is 0 Å². The largest absolute Gasteiger partial charge is 0.356 e. The van der Waals surface area contributed by atoms with Crippen LogP contribution in [-0.2, 0) is 0 Å². The Hall–Kier alpha value is -1.87. The lowest BCUT2D eigenvalue weighted by molar-refractivity contribution is 0.722. The maximum atomic E-state index is 5.41. The summed E-state index contributed by atoms with van der Waals surface area (Å²) < 4.78 is 0. The molecular formula is C17H20N2S. The van der Waals surface area contributed by atoms with E-state index >= 15 is 0 Å². The minimum absolute atomic E-state index is 0.181. The van der Waals surface area contributed by atoms with E-state index in [4.69, 9.17) is 12.2 Å². The number of hydrogen-bond acceptors (Lipinski definition) is 1. The Labute approximate surface area is 126 Å². The minimum atomic E-state index is 0.181. The summed E-state index contributed by atoms with van der Waals surface area (Å²) in [7, 11) is 0. The zero-order valence-corrected chi connectivity index (χ0v) is 12.9. The highest BCUT2D eigenvalue weighted by molar-refractivity contribution is 7.80. The van der Waals surface area contributed by atoms with Crippen molar-refractivity contribution in [3.05, 3.63) is 65.2 Å². The van der Waals surface area contributed by atoms with Gasteiger partial charge in [-0.05, 0) is 49.7 Å². The maximum Gasteiger partial charge on any atom is 0.171 e. The van der Waals surface area contributed by atoms with Gasteiger partial charge in [0.15, 0.2) is 5.11 Å². The molecule has 0 aliphatic carbocycles. The summed E-state index contributed by atoms with van der Waals surface area (Å²) in [6, 6.07) is 16.7. The van der Waals surface area contributed by atoms with Crippen LogP contribution in [0, 0.1) is 13.8 Å². The van der Waals surface area contributed by atoms with Crippen molar-refractivity contribution >= 4 is 23.0 Å². The van der Waals surface area contributed by atoms with Crippen LogP contribution in [0.15, 0.2) is 48.5 Å². The summed E-state index contributed by atoms with van der Waals surface area (Å²) in [5.41, 5.74) is 4.70. The van der Waals surface area contributed by atoms with Gasteiger partial charge in [0.05, 0.1) is 6.04 Å². The number of rotatable bonds is 3. The van der Waals surface area contributed by atoms with E-state index in [1.165, 1.54) is 16.7 Å². The Bertz CT molecular complexity index is 573. The molecule has 0 aromatic heterocycles. The van der Waals surface area contributed by atoms with Crippen LogP contribution in [0.1, 0.15) is 29.7 Å². The first kappa shape index (κ1) is 14.5. The van der Waals surface area contributed by atoms with Crippen LogP contribution in [0.4, 0.5) is 5.69 Å². The van der Waals surface area contributed by atoms with Crippen molar-refractivity contribution in [3.8, 4) is 0 Å². The monoisotopic (exact) mass is 284 g/mol. The second kappa shape index (κ2) is 6.53. The standard InChI is InChI=1S/C17H20N2S/c1-12-8-7-9-13(2)16(12)19-17(20)18-14(3)15-10-5-4-6-11-15/h4-11,14H,1-3H3,(H2,18,19,20)/t14-/m0/s1. The first-order chi connectivity index (χ1) is 9.58. The predicted molar refractivity (Wildman–Crippen MR) is 90.1 cm³/mol. The van der Waals surface area contributed by atoms with Crippen molar-refractivity contribution in [2.45, 2.75) is 26.8 Å². The maximum absolute atomic E-state index is 5.41. The first-order valence-electron chi connectivity index (χ1n) is 6.76. The molecule has 20 heavy (non-hydrogen) atoms. The van der Waals surface area contributed by atoms with Gasteiger partial charge in [-0.15, -0.1) is 0 Å². The fourth-order valence-electron chi connectivity index (χ4n) is 2.18. The van der Waals surface area contributed by atoms with Crippen LogP contribution in [-0.4, -0.2) is 5.11 Å². The molecule has 104 valence electrons. The minimum Gasteiger partial charge on any atom is -0.356 e. The molecule has 0 heterocycles. The van der Waals surface area contributed by atoms with E-state index in [0.29, 0.717) is 5.11 Å². The van der Waals surface area contributed by atoms with Gasteiger partial charge in [0.25, 0.3) is 0 Å². The van der Waals surface area contributed by atoms with E-state index in [-0.39, 0.29) is 6.04 Å². The second-order valence-electron chi connectivity index (χ2n) is 5.00. The molecule has 2 aromatic rings. The van der Waals surface area contributed by atoms with Crippen molar-refractivity contribution in [3.63, 3.8) is 0 Å². The SMILES string of the molecule is Cc1cccc(C)c1NC(=S)N[C@@H](C)c1ccccc1. The number of para-hydroxylation sites is 1. The molecule has 0 bridgehead atoms. The lowest BCUT2D eigenvalue weighted by atomic mass is 10.1. The van der Waals surface area contributed by atoms with Crippen molar-refractivity contribution in [1.29, 1.82) is 0 Å². The average Bonchev–Trinajstić information content (AvgIpc) is 2.44.